The number of hydrogen-bond acceptors (Lipinski definition) is 4. The topological polar surface area (TPSA) is 84.5 Å². The van der Waals surface area contributed by atoms with E-state index in [0.717, 1.165) is 29.3 Å². The first-order chi connectivity index (χ1) is 13.3. The molecule has 9 heteroatoms. The molecule has 1 amide bonds. The Balaban J connectivity index is 1.59. The van der Waals surface area contributed by atoms with Crippen molar-refractivity contribution in [1.82, 2.24) is 4.72 Å². The molecule has 28 heavy (non-hydrogen) atoms. The summed E-state index contributed by atoms with van der Waals surface area (Å²) in [6.45, 7) is -0.238. The highest BCUT2D eigenvalue weighted by Gasteiger charge is 2.23. The summed E-state index contributed by atoms with van der Waals surface area (Å²) in [5, 5.41) is 2.85. The van der Waals surface area contributed by atoms with E-state index in [0.29, 0.717) is 5.69 Å². The fraction of sp³-hybridized carbons (Fsp3) is 0.316. The van der Waals surface area contributed by atoms with Crippen LogP contribution >= 0.6 is 34.2 Å². The molecule has 2 aromatic carbocycles. The first-order valence-electron chi connectivity index (χ1n) is 8.83. The molecule has 1 saturated carbocycles. The van der Waals surface area contributed by atoms with E-state index in [9.17, 15) is 13.2 Å². The Kier molecular flexibility index (Phi) is 7.19. The normalized spacial score (nSPS) is 14.8. The van der Waals surface area contributed by atoms with Gasteiger partial charge in [-0.25, -0.2) is 13.1 Å². The van der Waals surface area contributed by atoms with Crippen LogP contribution in [0.1, 0.15) is 25.7 Å². The van der Waals surface area contributed by atoms with Crippen LogP contribution in [-0.2, 0) is 14.8 Å². The third-order valence-corrected chi connectivity index (χ3v) is 6.91. The second-order valence-electron chi connectivity index (χ2n) is 6.54. The van der Waals surface area contributed by atoms with Crippen molar-refractivity contribution in [2.24, 2.45) is 0 Å². The van der Waals surface area contributed by atoms with Crippen molar-refractivity contribution in [1.29, 1.82) is 0 Å². The van der Waals surface area contributed by atoms with Crippen LogP contribution < -0.4 is 14.8 Å². The minimum atomic E-state index is -3.63. The van der Waals surface area contributed by atoms with E-state index in [1.165, 1.54) is 18.2 Å². The second kappa shape index (κ2) is 9.43. The lowest BCUT2D eigenvalue weighted by molar-refractivity contribution is -0.118. The number of hydrogen-bond donors (Lipinski definition) is 2. The monoisotopic (exact) mass is 534 g/mol. The molecular formula is C19H20ClIN2O4S. The van der Waals surface area contributed by atoms with Crippen LogP contribution in [0.15, 0.2) is 47.4 Å². The van der Waals surface area contributed by atoms with Crippen LogP contribution in [0.2, 0.25) is 5.02 Å². The number of halogens is 2. The molecular weight excluding hydrogens is 515 g/mol. The Labute approximate surface area is 183 Å². The molecule has 0 radical (unpaired) electrons. The maximum absolute atomic E-state index is 12.5. The number of carbonyl (C=O) groups is 1. The molecule has 0 unspecified atom stereocenters. The molecule has 0 bridgehead atoms. The fourth-order valence-corrected chi connectivity index (χ4v) is 4.96. The lowest BCUT2D eigenvalue weighted by Gasteiger charge is -2.14. The molecule has 150 valence electrons. The molecule has 1 aliphatic carbocycles. The number of ether oxygens (including phenoxy) is 1. The van der Waals surface area contributed by atoms with Crippen LogP contribution in [-0.4, -0.2) is 27.0 Å². The van der Waals surface area contributed by atoms with Crippen molar-refractivity contribution < 1.29 is 17.9 Å². The summed E-state index contributed by atoms with van der Waals surface area (Å²) in [5.74, 6) is -0.0869. The molecule has 0 heterocycles. The Morgan fingerprint density at radius 3 is 2.46 bits per heavy atom. The van der Waals surface area contributed by atoms with E-state index >= 15 is 0 Å². The number of rotatable bonds is 7. The van der Waals surface area contributed by atoms with Crippen LogP contribution in [0.3, 0.4) is 0 Å². The SMILES string of the molecule is O=C(COc1ccc(S(=O)(=O)NC2CCCC2)cc1Cl)Nc1ccc(I)cc1. The van der Waals surface area contributed by atoms with Gasteiger partial charge in [0, 0.05) is 15.3 Å². The summed E-state index contributed by atoms with van der Waals surface area (Å²) >= 11 is 8.34. The van der Waals surface area contributed by atoms with E-state index in [4.69, 9.17) is 16.3 Å². The van der Waals surface area contributed by atoms with Gasteiger partial charge in [0.1, 0.15) is 5.75 Å². The number of sulfonamides is 1. The van der Waals surface area contributed by atoms with Gasteiger partial charge in [0.15, 0.2) is 6.61 Å². The van der Waals surface area contributed by atoms with Crippen molar-refractivity contribution in [2.45, 2.75) is 36.6 Å². The molecule has 0 atom stereocenters. The summed E-state index contributed by atoms with van der Waals surface area (Å²) < 4.78 is 34.1. The summed E-state index contributed by atoms with van der Waals surface area (Å²) in [7, 11) is -3.63. The maximum atomic E-state index is 12.5. The Morgan fingerprint density at radius 2 is 1.82 bits per heavy atom. The predicted octanol–water partition coefficient (Wildman–Crippen LogP) is 4.18. The largest absolute Gasteiger partial charge is 0.482 e. The van der Waals surface area contributed by atoms with Gasteiger partial charge in [0.25, 0.3) is 5.91 Å². The van der Waals surface area contributed by atoms with Crippen molar-refractivity contribution in [3.63, 3.8) is 0 Å². The Hall–Kier alpha value is -1.36. The average molecular weight is 535 g/mol. The minimum absolute atomic E-state index is 0.0235. The third kappa shape index (κ3) is 5.82. The van der Waals surface area contributed by atoms with Gasteiger partial charge in [-0.05, 0) is 77.9 Å². The molecule has 2 N–H and O–H groups in total. The van der Waals surface area contributed by atoms with Gasteiger partial charge in [-0.3, -0.25) is 4.79 Å². The zero-order valence-electron chi connectivity index (χ0n) is 15.0. The van der Waals surface area contributed by atoms with Crippen molar-refractivity contribution in [3.05, 3.63) is 51.1 Å². The van der Waals surface area contributed by atoms with Crippen LogP contribution in [0.4, 0.5) is 5.69 Å². The molecule has 0 aromatic heterocycles. The zero-order chi connectivity index (χ0) is 20.1. The standard InChI is InChI=1S/C19H20ClIN2O4S/c20-17-11-16(28(25,26)23-15-3-1-2-4-15)9-10-18(17)27-12-19(24)22-14-7-5-13(21)6-8-14/h5-11,15,23H,1-4,12H2,(H,22,24). The van der Waals surface area contributed by atoms with Gasteiger partial charge in [0.05, 0.1) is 9.92 Å². The number of benzene rings is 2. The summed E-state index contributed by atoms with van der Waals surface area (Å²) in [6, 6.07) is 11.6. The smallest absolute Gasteiger partial charge is 0.262 e. The molecule has 3 rings (SSSR count). The third-order valence-electron chi connectivity index (χ3n) is 4.38. The lowest BCUT2D eigenvalue weighted by atomic mass is 10.3. The molecule has 0 aliphatic heterocycles. The number of carbonyl (C=O) groups excluding carboxylic acids is 1. The minimum Gasteiger partial charge on any atom is -0.482 e. The zero-order valence-corrected chi connectivity index (χ0v) is 18.7. The Morgan fingerprint density at radius 1 is 1.14 bits per heavy atom. The second-order valence-corrected chi connectivity index (χ2v) is 9.91. The van der Waals surface area contributed by atoms with E-state index in [1.54, 1.807) is 12.1 Å². The van der Waals surface area contributed by atoms with Gasteiger partial charge in [-0.15, -0.1) is 0 Å². The first-order valence-corrected chi connectivity index (χ1v) is 11.8. The highest BCUT2D eigenvalue weighted by molar-refractivity contribution is 14.1. The summed E-state index contributed by atoms with van der Waals surface area (Å²) in [4.78, 5) is 12.1. The van der Waals surface area contributed by atoms with Gasteiger partial charge >= 0.3 is 0 Å². The number of nitrogens with one attached hydrogen (secondary N) is 2. The molecule has 1 fully saturated rings. The van der Waals surface area contributed by atoms with Crippen molar-refractivity contribution in [3.8, 4) is 5.75 Å². The van der Waals surface area contributed by atoms with Crippen molar-refractivity contribution in [2.75, 3.05) is 11.9 Å². The predicted molar refractivity (Wildman–Crippen MR) is 117 cm³/mol. The highest BCUT2D eigenvalue weighted by atomic mass is 127. The van der Waals surface area contributed by atoms with Crippen molar-refractivity contribution >= 4 is 55.8 Å². The van der Waals surface area contributed by atoms with Gasteiger partial charge in [-0.1, -0.05) is 24.4 Å². The summed E-state index contributed by atoms with van der Waals surface area (Å²) in [6.07, 6.45) is 3.77. The van der Waals surface area contributed by atoms with Crippen LogP contribution in [0.5, 0.6) is 5.75 Å². The van der Waals surface area contributed by atoms with Gasteiger partial charge in [-0.2, -0.15) is 0 Å². The van der Waals surface area contributed by atoms with Crippen LogP contribution in [0.25, 0.3) is 0 Å². The van der Waals surface area contributed by atoms with E-state index in [-0.39, 0.29) is 34.2 Å². The molecule has 0 spiro atoms. The summed E-state index contributed by atoms with van der Waals surface area (Å²) in [5.41, 5.74) is 0.666. The Bertz CT molecular complexity index is 945. The van der Waals surface area contributed by atoms with Crippen LogP contribution in [0, 0.1) is 3.57 Å². The van der Waals surface area contributed by atoms with Gasteiger partial charge < -0.3 is 10.1 Å². The van der Waals surface area contributed by atoms with Gasteiger partial charge in [0.2, 0.25) is 10.0 Å². The van der Waals surface area contributed by atoms with E-state index in [1.807, 2.05) is 12.1 Å². The number of anilines is 1. The lowest BCUT2D eigenvalue weighted by Crippen LogP contribution is -2.32. The van der Waals surface area contributed by atoms with E-state index < -0.39 is 10.0 Å². The highest BCUT2D eigenvalue weighted by Crippen LogP contribution is 2.28. The number of amides is 1. The molecule has 6 nitrogen and oxygen atoms in total. The molecule has 2 aromatic rings. The average Bonchev–Trinajstić information content (AvgIpc) is 3.15. The molecule has 0 saturated heterocycles. The quantitative estimate of drug-likeness (QED) is 0.522. The van der Waals surface area contributed by atoms with E-state index in [2.05, 4.69) is 32.6 Å². The first kappa shape index (κ1) is 21.4. The molecule has 1 aliphatic rings. The maximum Gasteiger partial charge on any atom is 0.262 e. The fourth-order valence-electron chi connectivity index (χ4n) is 2.97.